The van der Waals surface area contributed by atoms with Crippen LogP contribution in [0.2, 0.25) is 0 Å². The monoisotopic (exact) mass is 627 g/mol. The van der Waals surface area contributed by atoms with E-state index in [-0.39, 0.29) is 71.9 Å². The van der Waals surface area contributed by atoms with Gasteiger partial charge in [0.15, 0.2) is 11.4 Å². The normalized spacial score (nSPS) is 9.64. The van der Waals surface area contributed by atoms with Crippen molar-refractivity contribution in [3.05, 3.63) is 62.7 Å². The van der Waals surface area contributed by atoms with Crippen molar-refractivity contribution < 1.29 is 83.3 Å². The van der Waals surface area contributed by atoms with E-state index in [1.54, 1.807) is 27.7 Å². The zero-order valence-electron chi connectivity index (χ0n) is 25.0. The van der Waals surface area contributed by atoms with Crippen molar-refractivity contribution >= 4 is 61.4 Å². The molecule has 0 spiro atoms. The van der Waals surface area contributed by atoms with Gasteiger partial charge in [-0.2, -0.15) is 0 Å². The van der Waals surface area contributed by atoms with Crippen LogP contribution in [0.5, 0.6) is 5.75 Å². The van der Waals surface area contributed by atoms with E-state index in [0.29, 0.717) is 0 Å². The molecule has 20 heteroatoms. The second-order valence-electron chi connectivity index (χ2n) is 8.86. The van der Waals surface area contributed by atoms with E-state index >= 15 is 0 Å². The maximum absolute atomic E-state index is 12.0. The summed E-state index contributed by atoms with van der Waals surface area (Å²) in [6.07, 6.45) is 0. The van der Waals surface area contributed by atoms with Gasteiger partial charge in [0.2, 0.25) is 23.6 Å². The number of hydrogen-bond donors (Lipinski definition) is 4. The van der Waals surface area contributed by atoms with Crippen LogP contribution in [0.25, 0.3) is 0 Å². The number of nitro benzene ring substituents is 2. The Morgan fingerprint density at radius 1 is 0.864 bits per heavy atom. The van der Waals surface area contributed by atoms with E-state index in [9.17, 15) is 39.4 Å². The SMILES string of the molecule is CC(=O)N(C(=O)C(C)C)c1c[c-]c([N+](=O)[O-])cc1.CC(=O)N(C(=O)C(C)C)c1ccc([N+](=O)[O-])c(O[B]O)c1.OB(O)O.[Na+]. The largest absolute Gasteiger partial charge is 1.00 e. The summed E-state index contributed by atoms with van der Waals surface area (Å²) >= 11 is 0. The van der Waals surface area contributed by atoms with Gasteiger partial charge in [-0.25, -0.2) is 0 Å². The number of carbonyl (C=O) groups excluding carboxylic acids is 4. The molecule has 2 aromatic carbocycles. The molecule has 0 aliphatic carbocycles. The van der Waals surface area contributed by atoms with E-state index in [1.165, 1.54) is 38.1 Å². The van der Waals surface area contributed by atoms with E-state index in [1.807, 2.05) is 0 Å². The predicted octanol–water partition coefficient (Wildman–Crippen LogP) is -2.08. The predicted molar refractivity (Wildman–Crippen MR) is 152 cm³/mol. The summed E-state index contributed by atoms with van der Waals surface area (Å²) in [5.74, 6) is -2.82. The summed E-state index contributed by atoms with van der Waals surface area (Å²) in [5, 5.41) is 51.5. The number of anilines is 2. The summed E-state index contributed by atoms with van der Waals surface area (Å²) in [6, 6.07) is 9.76. The topological polar surface area (TPSA) is 251 Å². The maximum atomic E-state index is 12.0. The number of nitro groups is 2. The zero-order valence-corrected chi connectivity index (χ0v) is 27.0. The molecule has 0 bridgehead atoms. The molecule has 0 fully saturated rings. The minimum atomic E-state index is -2.17. The summed E-state index contributed by atoms with van der Waals surface area (Å²) in [5.41, 5.74) is -0.195. The Kier molecular flexibility index (Phi) is 19.6. The van der Waals surface area contributed by atoms with E-state index in [0.717, 1.165) is 21.9 Å². The molecule has 2 rings (SSSR count). The van der Waals surface area contributed by atoms with Gasteiger partial charge in [-0.15, -0.1) is 12.1 Å². The van der Waals surface area contributed by atoms with Gasteiger partial charge in [-0.1, -0.05) is 45.5 Å². The molecule has 0 aliphatic rings. The van der Waals surface area contributed by atoms with Gasteiger partial charge in [-0.3, -0.25) is 44.3 Å². The quantitative estimate of drug-likeness (QED) is 0.106. The van der Waals surface area contributed by atoms with Crippen molar-refractivity contribution in [2.75, 3.05) is 9.80 Å². The van der Waals surface area contributed by atoms with Crippen LogP contribution in [0.4, 0.5) is 22.7 Å². The summed E-state index contributed by atoms with van der Waals surface area (Å²) < 4.78 is 4.65. The summed E-state index contributed by atoms with van der Waals surface area (Å²) in [6.45, 7) is 9.08. The van der Waals surface area contributed by atoms with Gasteiger partial charge in [-0.05, 0) is 6.07 Å². The fourth-order valence-electron chi connectivity index (χ4n) is 3.05. The van der Waals surface area contributed by atoms with Crippen molar-refractivity contribution in [3.8, 4) is 5.75 Å². The van der Waals surface area contributed by atoms with Gasteiger partial charge in [0, 0.05) is 42.7 Å². The molecule has 0 unspecified atom stereocenters. The smallest absolute Gasteiger partial charge is 0.533 e. The van der Waals surface area contributed by atoms with Gasteiger partial charge in [0.05, 0.1) is 10.6 Å². The zero-order chi connectivity index (χ0) is 33.6. The first-order valence-electron chi connectivity index (χ1n) is 12.2. The van der Waals surface area contributed by atoms with Crippen LogP contribution in [0.15, 0.2) is 36.4 Å². The van der Waals surface area contributed by atoms with Crippen LogP contribution in [-0.2, 0) is 19.2 Å². The number of imide groups is 2. The first kappa shape index (κ1) is 42.4. The third-order valence-corrected chi connectivity index (χ3v) is 4.87. The average Bonchev–Trinajstić information content (AvgIpc) is 2.88. The van der Waals surface area contributed by atoms with Crippen molar-refractivity contribution in [2.24, 2.45) is 11.8 Å². The van der Waals surface area contributed by atoms with Crippen molar-refractivity contribution in [3.63, 3.8) is 0 Å². The molecule has 231 valence electrons. The first-order valence-corrected chi connectivity index (χ1v) is 12.2. The molecule has 0 aliphatic heterocycles. The number of non-ortho nitro benzene ring substituents is 1. The van der Waals surface area contributed by atoms with E-state index < -0.39 is 46.5 Å². The Morgan fingerprint density at radius 2 is 1.30 bits per heavy atom. The van der Waals surface area contributed by atoms with Crippen LogP contribution >= 0.6 is 0 Å². The first-order chi connectivity index (χ1) is 19.9. The van der Waals surface area contributed by atoms with Gasteiger partial charge < -0.3 is 29.7 Å². The standard InChI is InChI=1S/C12H14BN2O6.C12H13N2O4.BH3O3.Na/c1-7(2)12(17)14(8(3)16)9-4-5-10(15(19)20)11(6-9)21-13-18;1-8(2)12(16)13(9(3)15)10-4-6-11(7-5-10)14(17)18;2-1(3)4;/h4-7,18H,1-3H3;4-6,8H,1-3H3;2-4H;/q;-1;;+1. The Morgan fingerprint density at radius 3 is 1.61 bits per heavy atom. The van der Waals surface area contributed by atoms with E-state index in [4.69, 9.17) is 20.1 Å². The average molecular weight is 627 g/mol. The van der Waals surface area contributed by atoms with Crippen molar-refractivity contribution in [1.29, 1.82) is 0 Å². The van der Waals surface area contributed by atoms with Crippen LogP contribution in [0.3, 0.4) is 0 Å². The van der Waals surface area contributed by atoms with Gasteiger partial charge in [0.25, 0.3) is 0 Å². The Hall–Kier alpha value is -3.71. The molecule has 0 saturated heterocycles. The minimum absolute atomic E-state index is 0. The number of amides is 4. The molecular formula is C24H30B2N4NaO13. The van der Waals surface area contributed by atoms with Crippen LogP contribution in [-0.4, -0.2) is 68.6 Å². The summed E-state index contributed by atoms with van der Waals surface area (Å²) in [4.78, 5) is 68.9. The Balaban J connectivity index is 0. The third-order valence-electron chi connectivity index (χ3n) is 4.87. The van der Waals surface area contributed by atoms with Crippen LogP contribution in [0.1, 0.15) is 41.5 Å². The molecule has 17 nitrogen and oxygen atoms in total. The Bertz CT molecular complexity index is 1310. The number of rotatable bonds is 8. The molecule has 4 N–H and O–H groups in total. The number of carbonyl (C=O) groups is 4. The molecule has 0 atom stereocenters. The Labute approximate surface area is 275 Å². The molecule has 2 aromatic rings. The fraction of sp³-hybridized carbons (Fsp3) is 0.333. The van der Waals surface area contributed by atoms with Gasteiger partial charge >= 0.3 is 50.3 Å². The number of nitrogens with zero attached hydrogens (tertiary/aromatic N) is 4. The fourth-order valence-corrected chi connectivity index (χ4v) is 3.05. The molecule has 44 heavy (non-hydrogen) atoms. The molecule has 0 saturated carbocycles. The van der Waals surface area contributed by atoms with E-state index in [2.05, 4.69) is 10.7 Å². The van der Waals surface area contributed by atoms with Crippen molar-refractivity contribution in [1.82, 2.24) is 0 Å². The third kappa shape index (κ3) is 13.7. The van der Waals surface area contributed by atoms with Crippen LogP contribution in [0, 0.1) is 38.1 Å². The molecule has 1 radical (unpaired) electrons. The minimum Gasteiger partial charge on any atom is -0.533 e. The second kappa shape index (κ2) is 20.3. The van der Waals surface area contributed by atoms with Gasteiger partial charge in [0.1, 0.15) is 0 Å². The molecule has 4 amide bonds. The second-order valence-corrected chi connectivity index (χ2v) is 8.86. The molecule has 0 heterocycles. The molecular weight excluding hydrogens is 597 g/mol. The molecule has 0 aromatic heterocycles. The number of hydrogen-bond acceptors (Lipinski definition) is 13. The van der Waals surface area contributed by atoms with Crippen molar-refractivity contribution in [2.45, 2.75) is 41.5 Å². The maximum Gasteiger partial charge on any atom is 1.00 e. The summed E-state index contributed by atoms with van der Waals surface area (Å²) in [7, 11) is -1.88. The van der Waals surface area contributed by atoms with Crippen LogP contribution < -0.4 is 44.0 Å². The number of benzene rings is 2.